The summed E-state index contributed by atoms with van der Waals surface area (Å²) < 4.78 is 4.72. The molecule has 110 valence electrons. The van der Waals surface area contributed by atoms with Crippen molar-refractivity contribution in [2.45, 2.75) is 18.4 Å². The van der Waals surface area contributed by atoms with Crippen molar-refractivity contribution in [1.29, 1.82) is 0 Å². The number of esters is 1. The molecule has 0 aliphatic carbocycles. The molecule has 1 N–H and O–H groups in total. The fraction of sp³-hybridized carbons (Fsp3) is 0.235. The summed E-state index contributed by atoms with van der Waals surface area (Å²) in [7, 11) is 1.39. The SMILES string of the molecule is COC(=O)c1ccc(NCc2ccc(SC)cc2)c(C)c1. The maximum atomic E-state index is 11.5. The molecule has 0 bridgehead atoms. The van der Waals surface area contributed by atoms with Gasteiger partial charge in [-0.05, 0) is 54.6 Å². The van der Waals surface area contributed by atoms with Gasteiger partial charge in [0.1, 0.15) is 0 Å². The van der Waals surface area contributed by atoms with Crippen LogP contribution < -0.4 is 5.32 Å². The number of anilines is 1. The molecule has 4 heteroatoms. The minimum atomic E-state index is -0.308. The molecule has 0 fully saturated rings. The van der Waals surface area contributed by atoms with Gasteiger partial charge in [-0.15, -0.1) is 11.8 Å². The first-order valence-electron chi connectivity index (χ1n) is 6.70. The van der Waals surface area contributed by atoms with E-state index in [1.165, 1.54) is 17.6 Å². The summed E-state index contributed by atoms with van der Waals surface area (Å²) in [4.78, 5) is 12.7. The Labute approximate surface area is 129 Å². The van der Waals surface area contributed by atoms with Gasteiger partial charge in [-0.25, -0.2) is 4.79 Å². The number of hydrogen-bond acceptors (Lipinski definition) is 4. The number of rotatable bonds is 5. The van der Waals surface area contributed by atoms with Crippen molar-refractivity contribution in [1.82, 2.24) is 0 Å². The number of nitrogens with one attached hydrogen (secondary N) is 1. The number of methoxy groups -OCH3 is 1. The Morgan fingerprint density at radius 3 is 2.48 bits per heavy atom. The number of hydrogen-bond donors (Lipinski definition) is 1. The van der Waals surface area contributed by atoms with Crippen LogP contribution in [0, 0.1) is 6.92 Å². The first kappa shape index (κ1) is 15.4. The maximum Gasteiger partial charge on any atom is 0.337 e. The van der Waals surface area contributed by atoms with E-state index in [0.29, 0.717) is 5.56 Å². The smallest absolute Gasteiger partial charge is 0.337 e. The number of carbonyl (C=O) groups is 1. The number of aryl methyl sites for hydroxylation is 1. The van der Waals surface area contributed by atoms with Gasteiger partial charge in [-0.1, -0.05) is 12.1 Å². The van der Waals surface area contributed by atoms with Crippen LogP contribution in [0.3, 0.4) is 0 Å². The Bertz CT molecular complexity index is 623. The molecule has 2 rings (SSSR count). The third-order valence-corrected chi connectivity index (χ3v) is 4.03. The van der Waals surface area contributed by atoms with Crippen LogP contribution in [0.4, 0.5) is 5.69 Å². The summed E-state index contributed by atoms with van der Waals surface area (Å²) in [6, 6.07) is 14.0. The zero-order valence-electron chi connectivity index (χ0n) is 12.5. The average molecular weight is 301 g/mol. The summed E-state index contributed by atoms with van der Waals surface area (Å²) in [5.41, 5.74) is 3.85. The molecule has 0 unspecified atom stereocenters. The van der Waals surface area contributed by atoms with Crippen LogP contribution in [0.15, 0.2) is 47.4 Å². The summed E-state index contributed by atoms with van der Waals surface area (Å²) >= 11 is 1.74. The topological polar surface area (TPSA) is 38.3 Å². The van der Waals surface area contributed by atoms with E-state index in [2.05, 4.69) is 35.8 Å². The van der Waals surface area contributed by atoms with E-state index < -0.39 is 0 Å². The predicted molar refractivity (Wildman–Crippen MR) is 88.1 cm³/mol. The monoisotopic (exact) mass is 301 g/mol. The molecule has 0 aliphatic rings. The van der Waals surface area contributed by atoms with Gasteiger partial charge in [0.25, 0.3) is 0 Å². The highest BCUT2D eigenvalue weighted by Gasteiger charge is 2.07. The van der Waals surface area contributed by atoms with Gasteiger partial charge in [0.05, 0.1) is 12.7 Å². The molecular weight excluding hydrogens is 282 g/mol. The second-order valence-corrected chi connectivity index (χ2v) is 5.60. The predicted octanol–water partition coefficient (Wildman–Crippen LogP) is 4.12. The second kappa shape index (κ2) is 7.18. The van der Waals surface area contributed by atoms with Gasteiger partial charge >= 0.3 is 5.97 Å². The van der Waals surface area contributed by atoms with Gasteiger partial charge in [-0.3, -0.25) is 0 Å². The molecule has 0 aliphatic heterocycles. The minimum Gasteiger partial charge on any atom is -0.465 e. The lowest BCUT2D eigenvalue weighted by Gasteiger charge is -2.11. The van der Waals surface area contributed by atoms with Crippen molar-refractivity contribution < 1.29 is 9.53 Å². The lowest BCUT2D eigenvalue weighted by molar-refractivity contribution is 0.0600. The average Bonchev–Trinajstić information content (AvgIpc) is 2.53. The fourth-order valence-electron chi connectivity index (χ4n) is 2.05. The van der Waals surface area contributed by atoms with Crippen molar-refractivity contribution in [2.24, 2.45) is 0 Å². The highest BCUT2D eigenvalue weighted by molar-refractivity contribution is 7.98. The zero-order chi connectivity index (χ0) is 15.2. The number of ether oxygens (including phenoxy) is 1. The number of thioether (sulfide) groups is 1. The van der Waals surface area contributed by atoms with Crippen LogP contribution in [0.1, 0.15) is 21.5 Å². The first-order chi connectivity index (χ1) is 10.1. The van der Waals surface area contributed by atoms with Gasteiger partial charge in [0, 0.05) is 17.1 Å². The van der Waals surface area contributed by atoms with Crippen LogP contribution >= 0.6 is 11.8 Å². The molecule has 2 aromatic rings. The molecule has 21 heavy (non-hydrogen) atoms. The van der Waals surface area contributed by atoms with Gasteiger partial charge in [0.2, 0.25) is 0 Å². The van der Waals surface area contributed by atoms with E-state index in [1.807, 2.05) is 19.1 Å². The Morgan fingerprint density at radius 2 is 1.90 bits per heavy atom. The quantitative estimate of drug-likeness (QED) is 0.666. The van der Waals surface area contributed by atoms with E-state index in [4.69, 9.17) is 4.74 Å². The number of benzene rings is 2. The van der Waals surface area contributed by atoms with Crippen molar-refractivity contribution >= 4 is 23.4 Å². The van der Waals surface area contributed by atoms with E-state index >= 15 is 0 Å². The van der Waals surface area contributed by atoms with Crippen LogP contribution in [0.2, 0.25) is 0 Å². The number of carbonyl (C=O) groups excluding carboxylic acids is 1. The third-order valence-electron chi connectivity index (χ3n) is 3.29. The molecule has 3 nitrogen and oxygen atoms in total. The fourth-order valence-corrected chi connectivity index (χ4v) is 2.46. The molecule has 2 aromatic carbocycles. The molecule has 0 atom stereocenters. The Balaban J connectivity index is 2.04. The van der Waals surface area contributed by atoms with E-state index in [9.17, 15) is 4.79 Å². The second-order valence-electron chi connectivity index (χ2n) is 4.72. The van der Waals surface area contributed by atoms with Crippen LogP contribution in [-0.4, -0.2) is 19.3 Å². The molecule has 0 heterocycles. The van der Waals surface area contributed by atoms with E-state index in [-0.39, 0.29) is 5.97 Å². The summed E-state index contributed by atoms with van der Waals surface area (Å²) in [5.74, 6) is -0.308. The van der Waals surface area contributed by atoms with Crippen molar-refractivity contribution in [2.75, 3.05) is 18.7 Å². The highest BCUT2D eigenvalue weighted by atomic mass is 32.2. The molecule has 0 amide bonds. The molecule has 0 saturated heterocycles. The summed E-state index contributed by atoms with van der Waals surface area (Å²) in [5, 5.41) is 3.39. The van der Waals surface area contributed by atoms with Crippen LogP contribution in [-0.2, 0) is 11.3 Å². The molecule has 0 spiro atoms. The molecule has 0 saturated carbocycles. The largest absolute Gasteiger partial charge is 0.465 e. The van der Waals surface area contributed by atoms with Crippen molar-refractivity contribution in [3.63, 3.8) is 0 Å². The Kier molecular flexibility index (Phi) is 5.28. The van der Waals surface area contributed by atoms with Crippen LogP contribution in [0.5, 0.6) is 0 Å². The molecule has 0 aromatic heterocycles. The van der Waals surface area contributed by atoms with Crippen molar-refractivity contribution in [3.8, 4) is 0 Å². The minimum absolute atomic E-state index is 0.308. The maximum absolute atomic E-state index is 11.5. The Morgan fingerprint density at radius 1 is 1.19 bits per heavy atom. The van der Waals surface area contributed by atoms with Gasteiger partial charge in [0.15, 0.2) is 0 Å². The highest BCUT2D eigenvalue weighted by Crippen LogP contribution is 2.19. The first-order valence-corrected chi connectivity index (χ1v) is 7.92. The normalized spacial score (nSPS) is 10.2. The standard InChI is InChI=1S/C17H19NO2S/c1-12-10-14(17(19)20-2)6-9-16(12)18-11-13-4-7-15(21-3)8-5-13/h4-10,18H,11H2,1-3H3. The zero-order valence-corrected chi connectivity index (χ0v) is 13.3. The van der Waals surface area contributed by atoms with E-state index in [0.717, 1.165) is 17.8 Å². The van der Waals surface area contributed by atoms with E-state index in [1.54, 1.807) is 17.8 Å². The summed E-state index contributed by atoms with van der Waals surface area (Å²) in [6.45, 7) is 2.73. The van der Waals surface area contributed by atoms with Crippen LogP contribution in [0.25, 0.3) is 0 Å². The molecule has 0 radical (unpaired) electrons. The van der Waals surface area contributed by atoms with Gasteiger partial charge in [-0.2, -0.15) is 0 Å². The Hall–Kier alpha value is -1.94. The third kappa shape index (κ3) is 4.02. The summed E-state index contributed by atoms with van der Waals surface area (Å²) in [6.07, 6.45) is 2.07. The molecular formula is C17H19NO2S. The lowest BCUT2D eigenvalue weighted by atomic mass is 10.1. The lowest BCUT2D eigenvalue weighted by Crippen LogP contribution is -2.04. The van der Waals surface area contributed by atoms with Crippen molar-refractivity contribution in [3.05, 3.63) is 59.2 Å². The van der Waals surface area contributed by atoms with Gasteiger partial charge < -0.3 is 10.1 Å².